The second-order valence-electron chi connectivity index (χ2n) is 12.5. The molecule has 3 aromatic rings. The summed E-state index contributed by atoms with van der Waals surface area (Å²) in [7, 11) is 0. The number of ether oxygens (including phenoxy) is 1. The molecule has 14 heteroatoms. The van der Waals surface area contributed by atoms with Crippen LogP contribution in [0.5, 0.6) is 11.6 Å². The Hall–Kier alpha value is -3.68. The van der Waals surface area contributed by atoms with Crippen molar-refractivity contribution in [2.24, 2.45) is 11.3 Å². The van der Waals surface area contributed by atoms with Crippen LogP contribution in [-0.2, 0) is 0 Å². The number of halogens is 3. The number of fused-ring (bicyclic) bond motifs is 6. The van der Waals surface area contributed by atoms with Crippen LogP contribution < -0.4 is 19.7 Å². The SMILES string of the molecule is CC1(C)C[C@@H]2CCCNc3ccc(O)c(n3)SNC(=O)c3ccc(-n4ccc(OCCCC5(C(F)(F)F)CC5)n4)nc3N1C2. The summed E-state index contributed by atoms with van der Waals surface area (Å²) < 4.78 is 49.7. The molecular formula is C30H36F3N7O3S. The third-order valence-electron chi connectivity index (χ3n) is 8.80. The lowest BCUT2D eigenvalue weighted by atomic mass is 9.93. The van der Waals surface area contributed by atoms with Gasteiger partial charge in [-0.3, -0.25) is 9.52 Å². The minimum Gasteiger partial charge on any atom is -0.505 e. The van der Waals surface area contributed by atoms with Crippen molar-refractivity contribution in [2.75, 3.05) is 29.9 Å². The Morgan fingerprint density at radius 1 is 1.16 bits per heavy atom. The van der Waals surface area contributed by atoms with Gasteiger partial charge in [0.1, 0.15) is 17.4 Å². The summed E-state index contributed by atoms with van der Waals surface area (Å²) in [4.78, 5) is 25.1. The lowest BCUT2D eigenvalue weighted by Gasteiger charge is -2.34. The van der Waals surface area contributed by atoms with Crippen LogP contribution in [0.15, 0.2) is 41.6 Å². The van der Waals surface area contributed by atoms with Crippen LogP contribution in [0.25, 0.3) is 5.82 Å². The van der Waals surface area contributed by atoms with Crippen molar-refractivity contribution < 1.29 is 27.8 Å². The Labute approximate surface area is 257 Å². The number of anilines is 2. The number of rotatable bonds is 6. The molecular weight excluding hydrogens is 595 g/mol. The molecule has 0 spiro atoms. The number of pyridine rings is 2. The van der Waals surface area contributed by atoms with Gasteiger partial charge in [0, 0.05) is 42.8 Å². The predicted octanol–water partition coefficient (Wildman–Crippen LogP) is 6.12. The monoisotopic (exact) mass is 631 g/mol. The Morgan fingerprint density at radius 3 is 2.75 bits per heavy atom. The zero-order valence-electron chi connectivity index (χ0n) is 24.7. The van der Waals surface area contributed by atoms with Crippen LogP contribution in [0, 0.1) is 11.3 Å². The average molecular weight is 632 g/mol. The van der Waals surface area contributed by atoms with Crippen LogP contribution >= 0.6 is 11.9 Å². The second-order valence-corrected chi connectivity index (χ2v) is 13.3. The average Bonchev–Trinajstić information content (AvgIpc) is 3.53. The van der Waals surface area contributed by atoms with Crippen LogP contribution in [0.2, 0.25) is 0 Å². The highest BCUT2D eigenvalue weighted by Crippen LogP contribution is 2.60. The molecule has 1 amide bonds. The number of hydrogen-bond acceptors (Lipinski definition) is 9. The number of carbonyl (C=O) groups excluding carboxylic acids is 1. The molecule has 0 aromatic carbocycles. The predicted molar refractivity (Wildman–Crippen MR) is 160 cm³/mol. The lowest BCUT2D eigenvalue weighted by molar-refractivity contribution is -0.189. The van der Waals surface area contributed by atoms with Gasteiger partial charge in [-0.05, 0) is 89.0 Å². The van der Waals surface area contributed by atoms with E-state index in [1.54, 1.807) is 36.5 Å². The first-order valence-corrected chi connectivity index (χ1v) is 15.7. The van der Waals surface area contributed by atoms with E-state index in [-0.39, 0.29) is 54.5 Å². The quantitative estimate of drug-likeness (QED) is 0.219. The summed E-state index contributed by atoms with van der Waals surface area (Å²) in [6, 6.07) is 8.30. The third-order valence-corrected chi connectivity index (χ3v) is 9.58. The molecule has 4 bridgehead atoms. The van der Waals surface area contributed by atoms with Crippen molar-refractivity contribution in [3.8, 4) is 17.4 Å². The summed E-state index contributed by atoms with van der Waals surface area (Å²) in [5, 5.41) is 18.3. The number of aromatic hydroxyl groups is 1. The van der Waals surface area contributed by atoms with Gasteiger partial charge in [-0.15, -0.1) is 5.10 Å². The molecule has 2 fully saturated rings. The van der Waals surface area contributed by atoms with E-state index >= 15 is 0 Å². The fourth-order valence-electron chi connectivity index (χ4n) is 6.19. The van der Waals surface area contributed by atoms with E-state index in [1.807, 2.05) is 0 Å². The number of amides is 1. The molecule has 1 atom stereocenters. The van der Waals surface area contributed by atoms with E-state index < -0.39 is 11.6 Å². The van der Waals surface area contributed by atoms with Gasteiger partial charge in [-0.1, -0.05) is 0 Å². The Bertz CT molecular complexity index is 1530. The number of nitrogens with zero attached hydrogens (tertiary/aromatic N) is 5. The van der Waals surface area contributed by atoms with Gasteiger partial charge < -0.3 is 20.1 Å². The van der Waals surface area contributed by atoms with Gasteiger partial charge in [0.25, 0.3) is 5.91 Å². The third kappa shape index (κ3) is 6.26. The summed E-state index contributed by atoms with van der Waals surface area (Å²) in [5.74, 6) is 1.89. The van der Waals surface area contributed by atoms with E-state index in [9.17, 15) is 23.1 Å². The van der Waals surface area contributed by atoms with E-state index in [2.05, 4.69) is 38.9 Å². The molecule has 10 nitrogen and oxygen atoms in total. The molecule has 3 aromatic heterocycles. The van der Waals surface area contributed by atoms with Gasteiger partial charge in [0.05, 0.1) is 17.6 Å². The summed E-state index contributed by atoms with van der Waals surface area (Å²) in [6.07, 6.45) is 1.07. The molecule has 1 aliphatic carbocycles. The normalized spacial score (nSPS) is 21.0. The van der Waals surface area contributed by atoms with Gasteiger partial charge in [0.2, 0.25) is 5.88 Å². The summed E-state index contributed by atoms with van der Waals surface area (Å²) >= 11 is 0.936. The molecule has 44 heavy (non-hydrogen) atoms. The van der Waals surface area contributed by atoms with Gasteiger partial charge in [0.15, 0.2) is 10.8 Å². The molecule has 2 aliphatic heterocycles. The van der Waals surface area contributed by atoms with Crippen molar-refractivity contribution in [1.29, 1.82) is 0 Å². The molecule has 1 saturated heterocycles. The fourth-order valence-corrected chi connectivity index (χ4v) is 6.81. The highest BCUT2D eigenvalue weighted by Gasteiger charge is 2.62. The first-order chi connectivity index (χ1) is 20.9. The smallest absolute Gasteiger partial charge is 0.394 e. The van der Waals surface area contributed by atoms with Crippen molar-refractivity contribution >= 4 is 29.5 Å². The minimum atomic E-state index is -4.17. The maximum Gasteiger partial charge on any atom is 0.394 e. The topological polar surface area (TPSA) is 117 Å². The van der Waals surface area contributed by atoms with E-state index in [1.165, 1.54) is 4.68 Å². The van der Waals surface area contributed by atoms with Crippen LogP contribution in [-0.4, -0.2) is 62.2 Å². The summed E-state index contributed by atoms with van der Waals surface area (Å²) in [6.45, 7) is 5.90. The maximum absolute atomic E-state index is 13.5. The lowest BCUT2D eigenvalue weighted by Crippen LogP contribution is -2.40. The fraction of sp³-hybridized carbons (Fsp3) is 0.533. The molecule has 0 radical (unpaired) electrons. The minimum absolute atomic E-state index is 0.0353. The van der Waals surface area contributed by atoms with Crippen LogP contribution in [0.1, 0.15) is 69.2 Å². The molecule has 236 valence electrons. The van der Waals surface area contributed by atoms with Gasteiger partial charge >= 0.3 is 6.18 Å². The maximum atomic E-state index is 13.5. The first-order valence-electron chi connectivity index (χ1n) is 14.9. The zero-order chi connectivity index (χ0) is 31.1. The molecule has 6 rings (SSSR count). The van der Waals surface area contributed by atoms with Crippen molar-refractivity contribution in [2.45, 2.75) is 75.5 Å². The number of hydrogen-bond donors (Lipinski definition) is 3. The van der Waals surface area contributed by atoms with Crippen molar-refractivity contribution in [3.05, 3.63) is 42.1 Å². The summed E-state index contributed by atoms with van der Waals surface area (Å²) in [5.41, 5.74) is -1.43. The largest absolute Gasteiger partial charge is 0.505 e. The standard InChI is InChI=1S/C30H36F3N7O3S/c1-28(2)17-19-5-3-14-34-22-8-7-21(41)27(35-22)44-38-26(42)20-6-9-23(36-25(20)39(28)18-19)40-15-10-24(37-40)43-16-4-11-29(12-13-29)30(31,32)33/h6-10,15,19,41H,3-5,11-14,16-18H2,1-2H3,(H,34,35)(H,38,42)/t19-/m0/s1. The number of carbonyl (C=O) groups is 1. The van der Waals surface area contributed by atoms with Gasteiger partial charge in [-0.2, -0.15) is 13.2 Å². The molecule has 3 N–H and O–H groups in total. The second kappa shape index (κ2) is 11.7. The van der Waals surface area contributed by atoms with Crippen molar-refractivity contribution in [3.63, 3.8) is 0 Å². The number of aromatic nitrogens is 4. The molecule has 5 heterocycles. The van der Waals surface area contributed by atoms with E-state index in [0.717, 1.165) is 44.3 Å². The first kappa shape index (κ1) is 30.4. The zero-order valence-corrected chi connectivity index (χ0v) is 25.5. The van der Waals surface area contributed by atoms with Crippen LogP contribution in [0.4, 0.5) is 24.8 Å². The number of alkyl halides is 3. The molecule has 3 aliphatic rings. The Balaban J connectivity index is 1.23. The highest BCUT2D eigenvalue weighted by molar-refractivity contribution is 7.98. The van der Waals surface area contributed by atoms with Gasteiger partial charge in [-0.25, -0.2) is 14.6 Å². The highest BCUT2D eigenvalue weighted by atomic mass is 32.2. The van der Waals surface area contributed by atoms with Crippen LogP contribution in [0.3, 0.4) is 0 Å². The Kier molecular flexibility index (Phi) is 8.05. The van der Waals surface area contributed by atoms with E-state index in [0.29, 0.717) is 34.8 Å². The van der Waals surface area contributed by atoms with E-state index in [4.69, 9.17) is 9.72 Å². The molecule has 1 saturated carbocycles. The Morgan fingerprint density at radius 2 is 1.98 bits per heavy atom. The van der Waals surface area contributed by atoms with Crippen molar-refractivity contribution in [1.82, 2.24) is 24.5 Å². The number of nitrogens with one attached hydrogen (secondary N) is 2. The molecule has 0 unspecified atom stereocenters.